The first-order valence-corrected chi connectivity index (χ1v) is 7.83. The van der Waals surface area contributed by atoms with Crippen LogP contribution < -0.4 is 5.32 Å². The lowest BCUT2D eigenvalue weighted by Crippen LogP contribution is -2.43. The summed E-state index contributed by atoms with van der Waals surface area (Å²) in [5, 5.41) is 2.69. The van der Waals surface area contributed by atoms with Crippen LogP contribution in [0.3, 0.4) is 0 Å². The zero-order valence-electron chi connectivity index (χ0n) is 14.0. The smallest absolute Gasteiger partial charge is 0.334 e. The minimum atomic E-state index is -0.958. The van der Waals surface area contributed by atoms with E-state index in [1.54, 1.807) is 13.8 Å². The topological polar surface area (TPSA) is 86.8 Å². The van der Waals surface area contributed by atoms with Gasteiger partial charge in [-0.15, -0.1) is 0 Å². The Morgan fingerprint density at radius 2 is 1.67 bits per heavy atom. The lowest BCUT2D eigenvalue weighted by atomic mass is 10.0. The SMILES string of the molecule is CC(C)N1C(=O)C(=O)N(CC(=O)NC[C@H](C)c2ccccc2)C1=O. The zero-order chi connectivity index (χ0) is 17.9. The van der Waals surface area contributed by atoms with Gasteiger partial charge in [0.05, 0.1) is 0 Å². The van der Waals surface area contributed by atoms with Crippen LogP contribution in [0.4, 0.5) is 4.79 Å². The molecule has 0 saturated carbocycles. The van der Waals surface area contributed by atoms with Crippen molar-refractivity contribution in [3.05, 3.63) is 35.9 Å². The van der Waals surface area contributed by atoms with Crippen LogP contribution in [0.5, 0.6) is 0 Å². The molecule has 0 spiro atoms. The van der Waals surface area contributed by atoms with Crippen molar-refractivity contribution in [2.75, 3.05) is 13.1 Å². The van der Waals surface area contributed by atoms with E-state index in [0.29, 0.717) is 11.4 Å². The monoisotopic (exact) mass is 331 g/mol. The van der Waals surface area contributed by atoms with Gasteiger partial charge >= 0.3 is 17.8 Å². The first-order valence-electron chi connectivity index (χ1n) is 7.83. The third kappa shape index (κ3) is 3.61. The summed E-state index contributed by atoms with van der Waals surface area (Å²) in [6.45, 7) is 5.16. The van der Waals surface area contributed by atoms with Crippen LogP contribution in [0.2, 0.25) is 0 Å². The standard InChI is InChI=1S/C17H21N3O4/c1-11(2)20-16(23)15(22)19(17(20)24)10-14(21)18-9-12(3)13-7-5-4-6-8-13/h4-8,11-12H,9-10H2,1-3H3,(H,18,21)/t12-/m0/s1. The number of urea groups is 1. The van der Waals surface area contributed by atoms with E-state index in [-0.39, 0.29) is 5.92 Å². The number of amides is 5. The number of imide groups is 2. The van der Waals surface area contributed by atoms with Crippen LogP contribution in [0, 0.1) is 0 Å². The largest absolute Gasteiger partial charge is 0.354 e. The summed E-state index contributed by atoms with van der Waals surface area (Å²) in [5.41, 5.74) is 1.08. The average molecular weight is 331 g/mol. The summed E-state index contributed by atoms with van der Waals surface area (Å²) < 4.78 is 0. The minimum absolute atomic E-state index is 0.0916. The normalized spacial score (nSPS) is 16.1. The molecule has 1 aliphatic rings. The maximum absolute atomic E-state index is 12.1. The summed E-state index contributed by atoms with van der Waals surface area (Å²) in [5.74, 6) is -2.23. The number of benzene rings is 1. The van der Waals surface area contributed by atoms with Gasteiger partial charge in [-0.1, -0.05) is 37.3 Å². The van der Waals surface area contributed by atoms with Crippen LogP contribution in [0.1, 0.15) is 32.3 Å². The predicted octanol–water partition coefficient (Wildman–Crippen LogP) is 1.11. The van der Waals surface area contributed by atoms with Crippen molar-refractivity contribution in [2.24, 2.45) is 0 Å². The Hall–Kier alpha value is -2.70. The fourth-order valence-electron chi connectivity index (χ4n) is 2.48. The highest BCUT2D eigenvalue weighted by Gasteiger charge is 2.46. The molecule has 1 heterocycles. The van der Waals surface area contributed by atoms with Gasteiger partial charge in [-0.3, -0.25) is 19.3 Å². The number of hydrogen-bond donors (Lipinski definition) is 1. The highest BCUT2D eigenvalue weighted by molar-refractivity contribution is 6.45. The fraction of sp³-hybridized carbons (Fsp3) is 0.412. The van der Waals surface area contributed by atoms with Gasteiger partial charge in [-0.2, -0.15) is 0 Å². The number of nitrogens with zero attached hydrogens (tertiary/aromatic N) is 2. The Kier molecular flexibility index (Phi) is 5.33. The van der Waals surface area contributed by atoms with Gasteiger partial charge in [0.25, 0.3) is 0 Å². The molecule has 1 aromatic rings. The molecule has 2 rings (SSSR count). The molecule has 0 radical (unpaired) electrons. The average Bonchev–Trinajstić information content (AvgIpc) is 2.77. The highest BCUT2D eigenvalue weighted by Crippen LogP contribution is 2.15. The van der Waals surface area contributed by atoms with E-state index < -0.39 is 36.3 Å². The maximum Gasteiger partial charge on any atom is 0.334 e. The summed E-state index contributed by atoms with van der Waals surface area (Å²) in [7, 11) is 0. The van der Waals surface area contributed by atoms with Gasteiger partial charge in [-0.25, -0.2) is 9.69 Å². The molecule has 7 heteroatoms. The molecule has 1 aliphatic heterocycles. The number of carbonyl (C=O) groups is 4. The van der Waals surface area contributed by atoms with E-state index in [4.69, 9.17) is 0 Å². The molecule has 1 saturated heterocycles. The molecule has 5 amide bonds. The van der Waals surface area contributed by atoms with Gasteiger partial charge in [-0.05, 0) is 25.3 Å². The molecule has 1 atom stereocenters. The van der Waals surface area contributed by atoms with Crippen molar-refractivity contribution in [3.63, 3.8) is 0 Å². The summed E-state index contributed by atoms with van der Waals surface area (Å²) in [6.07, 6.45) is 0. The molecule has 1 fully saturated rings. The van der Waals surface area contributed by atoms with E-state index in [9.17, 15) is 19.2 Å². The molecule has 0 aromatic heterocycles. The van der Waals surface area contributed by atoms with Crippen LogP contribution in [0.15, 0.2) is 30.3 Å². The Morgan fingerprint density at radius 3 is 2.21 bits per heavy atom. The van der Waals surface area contributed by atoms with Crippen molar-refractivity contribution in [3.8, 4) is 0 Å². The number of rotatable bonds is 6. The first kappa shape index (κ1) is 17.7. The fourth-order valence-corrected chi connectivity index (χ4v) is 2.48. The molecule has 1 N–H and O–H groups in total. The minimum Gasteiger partial charge on any atom is -0.354 e. The van der Waals surface area contributed by atoms with E-state index in [1.807, 2.05) is 37.3 Å². The Labute approximate surface area is 140 Å². The maximum atomic E-state index is 12.1. The molecule has 1 aromatic carbocycles. The summed E-state index contributed by atoms with van der Waals surface area (Å²) in [6, 6.07) is 8.50. The quantitative estimate of drug-likeness (QED) is 0.625. The van der Waals surface area contributed by atoms with E-state index in [1.165, 1.54) is 0 Å². The van der Waals surface area contributed by atoms with Crippen LogP contribution in [-0.2, 0) is 14.4 Å². The third-order valence-corrected chi connectivity index (χ3v) is 3.88. The van der Waals surface area contributed by atoms with Crippen molar-refractivity contribution >= 4 is 23.8 Å². The molecule has 128 valence electrons. The number of carbonyl (C=O) groups excluding carboxylic acids is 4. The third-order valence-electron chi connectivity index (χ3n) is 3.88. The second-order valence-corrected chi connectivity index (χ2v) is 6.06. The molecule has 0 aliphatic carbocycles. The predicted molar refractivity (Wildman–Crippen MR) is 87.0 cm³/mol. The number of hydrogen-bond acceptors (Lipinski definition) is 4. The second-order valence-electron chi connectivity index (χ2n) is 6.06. The number of nitrogens with one attached hydrogen (secondary N) is 1. The first-order chi connectivity index (χ1) is 11.3. The van der Waals surface area contributed by atoms with Gasteiger partial charge in [0.2, 0.25) is 5.91 Å². The molecule has 7 nitrogen and oxygen atoms in total. The van der Waals surface area contributed by atoms with Crippen LogP contribution >= 0.6 is 0 Å². The van der Waals surface area contributed by atoms with Crippen molar-refractivity contribution in [1.29, 1.82) is 0 Å². The molecular weight excluding hydrogens is 310 g/mol. The zero-order valence-corrected chi connectivity index (χ0v) is 14.0. The van der Waals surface area contributed by atoms with Crippen molar-refractivity contribution < 1.29 is 19.2 Å². The van der Waals surface area contributed by atoms with E-state index >= 15 is 0 Å². The molecule has 0 unspecified atom stereocenters. The summed E-state index contributed by atoms with van der Waals surface area (Å²) in [4.78, 5) is 49.3. The lowest BCUT2D eigenvalue weighted by Gasteiger charge is -2.18. The van der Waals surface area contributed by atoms with Gasteiger partial charge in [0.15, 0.2) is 0 Å². The summed E-state index contributed by atoms with van der Waals surface area (Å²) >= 11 is 0. The van der Waals surface area contributed by atoms with Gasteiger partial charge < -0.3 is 5.32 Å². The Balaban J connectivity index is 1.92. The van der Waals surface area contributed by atoms with E-state index in [2.05, 4.69) is 5.32 Å². The van der Waals surface area contributed by atoms with Crippen LogP contribution in [0.25, 0.3) is 0 Å². The molecule has 24 heavy (non-hydrogen) atoms. The van der Waals surface area contributed by atoms with Crippen molar-refractivity contribution in [1.82, 2.24) is 15.1 Å². The van der Waals surface area contributed by atoms with Crippen molar-refractivity contribution in [2.45, 2.75) is 32.7 Å². The van der Waals surface area contributed by atoms with Crippen LogP contribution in [-0.4, -0.2) is 52.7 Å². The molecular formula is C17H21N3O4. The van der Waals surface area contributed by atoms with Gasteiger partial charge in [0, 0.05) is 12.6 Å². The van der Waals surface area contributed by atoms with E-state index in [0.717, 1.165) is 10.5 Å². The second kappa shape index (κ2) is 7.25. The lowest BCUT2D eigenvalue weighted by molar-refractivity contribution is -0.144. The Bertz CT molecular complexity index is 657. The highest BCUT2D eigenvalue weighted by atomic mass is 16.2. The Morgan fingerprint density at radius 1 is 1.04 bits per heavy atom. The van der Waals surface area contributed by atoms with Gasteiger partial charge in [0.1, 0.15) is 6.54 Å². The molecule has 0 bridgehead atoms.